The van der Waals surface area contributed by atoms with Crippen molar-refractivity contribution < 1.29 is 14.6 Å². The molecule has 4 atom stereocenters. The maximum absolute atomic E-state index is 11.6. The van der Waals surface area contributed by atoms with E-state index in [9.17, 15) is 9.90 Å². The predicted molar refractivity (Wildman–Crippen MR) is 75.7 cm³/mol. The van der Waals surface area contributed by atoms with E-state index in [-0.39, 0.29) is 12.1 Å². The van der Waals surface area contributed by atoms with Crippen LogP contribution in [0.5, 0.6) is 0 Å². The molecular formula is C15H26N2O3. The van der Waals surface area contributed by atoms with Gasteiger partial charge in [0.25, 0.3) is 0 Å². The van der Waals surface area contributed by atoms with Crippen molar-refractivity contribution in [3.63, 3.8) is 0 Å². The van der Waals surface area contributed by atoms with Gasteiger partial charge in [-0.3, -0.25) is 14.6 Å². The molecular weight excluding hydrogens is 256 g/mol. The number of carboxylic acids is 1. The molecule has 114 valence electrons. The highest BCUT2D eigenvalue weighted by atomic mass is 16.5. The number of rotatable bonds is 4. The number of ether oxygens (including phenoxy) is 1. The van der Waals surface area contributed by atoms with Gasteiger partial charge in [-0.05, 0) is 31.2 Å². The first-order valence-electron chi connectivity index (χ1n) is 8.00. The van der Waals surface area contributed by atoms with E-state index >= 15 is 0 Å². The Balaban J connectivity index is 1.62. The highest BCUT2D eigenvalue weighted by molar-refractivity contribution is 5.74. The van der Waals surface area contributed by atoms with Crippen molar-refractivity contribution in [2.75, 3.05) is 39.3 Å². The van der Waals surface area contributed by atoms with Gasteiger partial charge in [-0.1, -0.05) is 13.3 Å². The highest BCUT2D eigenvalue weighted by Gasteiger charge is 2.48. The monoisotopic (exact) mass is 282 g/mol. The molecule has 20 heavy (non-hydrogen) atoms. The first-order valence-corrected chi connectivity index (χ1v) is 8.00. The van der Waals surface area contributed by atoms with Crippen LogP contribution in [0.3, 0.4) is 0 Å². The molecule has 1 aliphatic carbocycles. The minimum Gasteiger partial charge on any atom is -0.480 e. The summed E-state index contributed by atoms with van der Waals surface area (Å²) < 4.78 is 5.85. The lowest BCUT2D eigenvalue weighted by Crippen LogP contribution is -2.50. The molecule has 4 unspecified atom stereocenters. The van der Waals surface area contributed by atoms with Crippen LogP contribution in [0.4, 0.5) is 0 Å². The minimum absolute atomic E-state index is 0.171. The molecule has 0 radical (unpaired) electrons. The summed E-state index contributed by atoms with van der Waals surface area (Å²) in [6.45, 7) is 7.66. The molecule has 0 aromatic rings. The fourth-order valence-electron chi connectivity index (χ4n) is 4.36. The van der Waals surface area contributed by atoms with Crippen molar-refractivity contribution in [3.8, 4) is 0 Å². The number of hydrogen-bond acceptors (Lipinski definition) is 4. The predicted octanol–water partition coefficient (Wildman–Crippen LogP) is 0.892. The zero-order valence-electron chi connectivity index (χ0n) is 12.3. The molecule has 0 bridgehead atoms. The van der Waals surface area contributed by atoms with E-state index in [1.54, 1.807) is 0 Å². The van der Waals surface area contributed by atoms with Gasteiger partial charge in [0, 0.05) is 26.2 Å². The van der Waals surface area contributed by atoms with Crippen LogP contribution in [-0.2, 0) is 9.53 Å². The summed E-state index contributed by atoms with van der Waals surface area (Å²) in [6, 6.07) is -0.275. The first kappa shape index (κ1) is 14.3. The molecule has 2 heterocycles. The quantitative estimate of drug-likeness (QED) is 0.830. The third-order valence-corrected chi connectivity index (χ3v) is 5.35. The van der Waals surface area contributed by atoms with Crippen molar-refractivity contribution in [1.82, 2.24) is 9.80 Å². The molecule has 2 saturated heterocycles. The summed E-state index contributed by atoms with van der Waals surface area (Å²) >= 11 is 0. The van der Waals surface area contributed by atoms with E-state index in [0.717, 1.165) is 45.8 Å². The van der Waals surface area contributed by atoms with Crippen LogP contribution in [-0.4, -0.2) is 72.4 Å². The van der Waals surface area contributed by atoms with E-state index < -0.39 is 5.97 Å². The lowest BCUT2D eigenvalue weighted by atomic mass is 9.94. The van der Waals surface area contributed by atoms with Crippen molar-refractivity contribution in [2.45, 2.75) is 38.3 Å². The molecule has 3 aliphatic rings. The summed E-state index contributed by atoms with van der Waals surface area (Å²) in [6.07, 6.45) is 3.67. The van der Waals surface area contributed by atoms with Crippen LogP contribution in [0.15, 0.2) is 0 Å². The van der Waals surface area contributed by atoms with E-state index in [2.05, 4.69) is 16.7 Å². The van der Waals surface area contributed by atoms with Gasteiger partial charge in [0.15, 0.2) is 0 Å². The standard InChI is InChI=1S/C15H26N2O3/c1-2-16-6-7-20-12(9-16)10-17-8-11-4-3-5-13(11)14(17)15(18)19/h11-14H,2-10H2,1H3,(H,18,19). The number of morpholine rings is 1. The Bertz CT molecular complexity index is 363. The van der Waals surface area contributed by atoms with Gasteiger partial charge in [-0.15, -0.1) is 0 Å². The molecule has 5 nitrogen and oxygen atoms in total. The molecule has 0 amide bonds. The van der Waals surface area contributed by atoms with Gasteiger partial charge < -0.3 is 9.84 Å². The van der Waals surface area contributed by atoms with Gasteiger partial charge in [0.2, 0.25) is 0 Å². The summed E-state index contributed by atoms with van der Waals surface area (Å²) in [5, 5.41) is 9.57. The molecule has 3 fully saturated rings. The molecule has 0 aromatic heterocycles. The maximum Gasteiger partial charge on any atom is 0.321 e. The van der Waals surface area contributed by atoms with Crippen LogP contribution >= 0.6 is 0 Å². The third-order valence-electron chi connectivity index (χ3n) is 5.35. The van der Waals surface area contributed by atoms with Gasteiger partial charge in [-0.25, -0.2) is 0 Å². The van der Waals surface area contributed by atoms with Crippen molar-refractivity contribution in [1.29, 1.82) is 0 Å². The summed E-state index contributed by atoms with van der Waals surface area (Å²) in [5.41, 5.74) is 0. The van der Waals surface area contributed by atoms with Gasteiger partial charge >= 0.3 is 5.97 Å². The molecule has 0 aromatic carbocycles. The number of carbonyl (C=O) groups is 1. The lowest BCUT2D eigenvalue weighted by molar-refractivity contribution is -0.144. The average molecular weight is 282 g/mol. The minimum atomic E-state index is -0.637. The SMILES string of the molecule is CCN1CCOC(CN2CC3CCCC3C2C(=O)O)C1. The van der Waals surface area contributed by atoms with Crippen LogP contribution in [0.2, 0.25) is 0 Å². The van der Waals surface area contributed by atoms with Crippen LogP contribution in [0.25, 0.3) is 0 Å². The third kappa shape index (κ3) is 2.71. The van der Waals surface area contributed by atoms with Crippen LogP contribution in [0.1, 0.15) is 26.2 Å². The van der Waals surface area contributed by atoms with Crippen LogP contribution < -0.4 is 0 Å². The zero-order chi connectivity index (χ0) is 14.1. The smallest absolute Gasteiger partial charge is 0.321 e. The molecule has 2 aliphatic heterocycles. The Morgan fingerprint density at radius 2 is 2.20 bits per heavy atom. The Hall–Kier alpha value is -0.650. The topological polar surface area (TPSA) is 53.0 Å². The Morgan fingerprint density at radius 1 is 1.35 bits per heavy atom. The molecule has 3 rings (SSSR count). The zero-order valence-corrected chi connectivity index (χ0v) is 12.3. The second-order valence-corrected chi connectivity index (χ2v) is 6.48. The Morgan fingerprint density at radius 3 is 2.95 bits per heavy atom. The van der Waals surface area contributed by atoms with Crippen molar-refractivity contribution in [3.05, 3.63) is 0 Å². The van der Waals surface area contributed by atoms with Gasteiger partial charge in [0.05, 0.1) is 12.7 Å². The summed E-state index contributed by atoms with van der Waals surface area (Å²) in [4.78, 5) is 16.2. The number of fused-ring (bicyclic) bond motifs is 1. The van der Waals surface area contributed by atoms with Gasteiger partial charge in [-0.2, -0.15) is 0 Å². The highest BCUT2D eigenvalue weighted by Crippen LogP contribution is 2.42. The normalized spacial score (nSPS) is 39.0. The van der Waals surface area contributed by atoms with E-state index in [1.807, 2.05) is 0 Å². The fourth-order valence-corrected chi connectivity index (χ4v) is 4.36. The average Bonchev–Trinajstić information content (AvgIpc) is 2.98. The van der Waals surface area contributed by atoms with E-state index in [4.69, 9.17) is 4.74 Å². The van der Waals surface area contributed by atoms with Crippen molar-refractivity contribution in [2.24, 2.45) is 11.8 Å². The summed E-state index contributed by atoms with van der Waals surface area (Å²) in [5.74, 6) is 0.336. The number of nitrogens with zero attached hydrogens (tertiary/aromatic N) is 2. The second kappa shape index (κ2) is 6.00. The van der Waals surface area contributed by atoms with E-state index in [1.165, 1.54) is 12.8 Å². The summed E-state index contributed by atoms with van der Waals surface area (Å²) in [7, 11) is 0. The Labute approximate surface area is 120 Å². The number of likely N-dealkylation sites (N-methyl/N-ethyl adjacent to an activating group) is 1. The van der Waals surface area contributed by atoms with Crippen LogP contribution in [0, 0.1) is 11.8 Å². The van der Waals surface area contributed by atoms with Gasteiger partial charge in [0.1, 0.15) is 6.04 Å². The first-order chi connectivity index (χ1) is 9.69. The Kier molecular flexibility index (Phi) is 4.29. The molecule has 1 saturated carbocycles. The largest absolute Gasteiger partial charge is 0.480 e. The van der Waals surface area contributed by atoms with Crippen molar-refractivity contribution >= 4 is 5.97 Å². The number of carboxylic acid groups (broad SMARTS) is 1. The number of hydrogen-bond donors (Lipinski definition) is 1. The number of likely N-dealkylation sites (tertiary alicyclic amines) is 1. The second-order valence-electron chi connectivity index (χ2n) is 6.48. The lowest BCUT2D eigenvalue weighted by Gasteiger charge is -2.35. The van der Waals surface area contributed by atoms with E-state index in [0.29, 0.717) is 11.8 Å². The number of aliphatic carboxylic acids is 1. The molecule has 0 spiro atoms. The molecule has 5 heteroatoms. The molecule has 1 N–H and O–H groups in total. The fraction of sp³-hybridized carbons (Fsp3) is 0.933. The maximum atomic E-state index is 11.6.